The molecule has 0 fully saturated rings. The van der Waals surface area contributed by atoms with Gasteiger partial charge in [0.2, 0.25) is 0 Å². The van der Waals surface area contributed by atoms with Gasteiger partial charge >= 0.3 is 5.97 Å². The predicted molar refractivity (Wildman–Crippen MR) is 68.1 cm³/mol. The summed E-state index contributed by atoms with van der Waals surface area (Å²) in [5, 5.41) is 18.3. The topological polar surface area (TPSA) is 74.6 Å². The minimum absolute atomic E-state index is 0.0870. The average molecular weight is 271 g/mol. The summed E-state index contributed by atoms with van der Waals surface area (Å²) in [5.41, 5.74) is 1.48. The zero-order chi connectivity index (χ0) is 13.7. The molecule has 0 aliphatic heterocycles. The molecule has 0 bridgehead atoms. The number of aliphatic hydroxyl groups is 1. The first kappa shape index (κ1) is 14.7. The fourth-order valence-corrected chi connectivity index (χ4v) is 1.89. The first-order chi connectivity index (χ1) is 8.51. The highest BCUT2D eigenvalue weighted by Gasteiger charge is 2.19. The van der Waals surface area contributed by atoms with Gasteiger partial charge in [-0.25, -0.2) is 4.79 Å². The van der Waals surface area contributed by atoms with E-state index < -0.39 is 12.1 Å². The zero-order valence-electron chi connectivity index (χ0n) is 10.0. The number of hydrogen-bond donors (Lipinski definition) is 2. The molecule has 0 saturated carbocycles. The van der Waals surface area contributed by atoms with Gasteiger partial charge in [-0.15, -0.1) is 11.6 Å². The van der Waals surface area contributed by atoms with Crippen molar-refractivity contribution in [2.45, 2.75) is 25.9 Å². The van der Waals surface area contributed by atoms with Crippen molar-refractivity contribution in [2.75, 3.05) is 5.88 Å². The quantitative estimate of drug-likeness (QED) is 0.614. The lowest BCUT2D eigenvalue weighted by Gasteiger charge is -2.12. The van der Waals surface area contributed by atoms with Crippen molar-refractivity contribution >= 4 is 23.4 Å². The molecule has 0 radical (unpaired) electrons. The standard InChI is InChI=1S/C13H15ClO4/c1-2-8-7-9(11(15)5-6-14)3-4-10(8)12(16)13(17)18/h3-4,7,12,16H,2,5-6H2,1H3,(H,17,18). The normalized spacial score (nSPS) is 12.2. The number of carbonyl (C=O) groups is 2. The third-order valence-electron chi connectivity index (χ3n) is 2.70. The van der Waals surface area contributed by atoms with Crippen LogP contribution < -0.4 is 0 Å². The second kappa shape index (κ2) is 6.52. The minimum Gasteiger partial charge on any atom is -0.479 e. The first-order valence-corrected chi connectivity index (χ1v) is 6.17. The van der Waals surface area contributed by atoms with Gasteiger partial charge in [0.15, 0.2) is 11.9 Å². The van der Waals surface area contributed by atoms with E-state index in [0.717, 1.165) is 0 Å². The van der Waals surface area contributed by atoms with Crippen LogP contribution >= 0.6 is 11.6 Å². The molecule has 4 nitrogen and oxygen atoms in total. The third kappa shape index (κ3) is 3.31. The molecule has 0 aromatic heterocycles. The number of carboxylic acid groups (broad SMARTS) is 1. The molecular formula is C13H15ClO4. The molecule has 1 rings (SSSR count). The van der Waals surface area contributed by atoms with Crippen LogP contribution in [0.15, 0.2) is 18.2 Å². The molecule has 98 valence electrons. The number of carboxylic acids is 1. The molecule has 0 spiro atoms. The molecule has 1 unspecified atom stereocenters. The van der Waals surface area contributed by atoms with Crippen molar-refractivity contribution in [3.8, 4) is 0 Å². The van der Waals surface area contributed by atoms with Crippen molar-refractivity contribution in [3.05, 3.63) is 34.9 Å². The number of alkyl halides is 1. The second-order valence-corrected chi connectivity index (χ2v) is 4.25. The molecule has 5 heteroatoms. The molecule has 18 heavy (non-hydrogen) atoms. The fourth-order valence-electron chi connectivity index (χ4n) is 1.72. The molecule has 1 atom stereocenters. The van der Waals surface area contributed by atoms with E-state index in [-0.39, 0.29) is 18.1 Å². The Kier molecular flexibility index (Phi) is 5.31. The van der Waals surface area contributed by atoms with E-state index in [0.29, 0.717) is 23.1 Å². The molecule has 2 N–H and O–H groups in total. The van der Waals surface area contributed by atoms with Crippen molar-refractivity contribution in [2.24, 2.45) is 0 Å². The number of rotatable bonds is 6. The molecule has 1 aromatic rings. The summed E-state index contributed by atoms with van der Waals surface area (Å²) in [7, 11) is 0. The number of halogens is 1. The SMILES string of the molecule is CCc1cc(C(=O)CCCl)ccc1C(O)C(=O)O. The Balaban J connectivity index is 3.11. The van der Waals surface area contributed by atoms with Gasteiger partial charge in [-0.05, 0) is 23.6 Å². The van der Waals surface area contributed by atoms with Crippen LogP contribution in [0.3, 0.4) is 0 Å². The average Bonchev–Trinajstić information content (AvgIpc) is 2.37. The summed E-state index contributed by atoms with van der Waals surface area (Å²) < 4.78 is 0. The molecule has 0 aliphatic rings. The van der Waals surface area contributed by atoms with Crippen LogP contribution in [0.2, 0.25) is 0 Å². The van der Waals surface area contributed by atoms with E-state index in [4.69, 9.17) is 16.7 Å². The largest absolute Gasteiger partial charge is 0.479 e. The smallest absolute Gasteiger partial charge is 0.337 e. The lowest BCUT2D eigenvalue weighted by Crippen LogP contribution is -2.13. The number of ketones is 1. The predicted octanol–water partition coefficient (Wildman–Crippen LogP) is 2.18. The van der Waals surface area contributed by atoms with E-state index in [1.165, 1.54) is 12.1 Å². The monoisotopic (exact) mass is 270 g/mol. The first-order valence-electron chi connectivity index (χ1n) is 5.64. The number of benzene rings is 1. The highest BCUT2D eigenvalue weighted by Crippen LogP contribution is 2.21. The van der Waals surface area contributed by atoms with Crippen LogP contribution in [0.4, 0.5) is 0 Å². The van der Waals surface area contributed by atoms with Gasteiger partial charge < -0.3 is 10.2 Å². The number of hydrogen-bond acceptors (Lipinski definition) is 3. The third-order valence-corrected chi connectivity index (χ3v) is 2.88. The summed E-state index contributed by atoms with van der Waals surface area (Å²) in [4.78, 5) is 22.4. The van der Waals surface area contributed by atoms with Crippen molar-refractivity contribution in [3.63, 3.8) is 0 Å². The summed E-state index contributed by atoms with van der Waals surface area (Å²) >= 11 is 5.50. The number of carbonyl (C=O) groups excluding carboxylic acids is 1. The van der Waals surface area contributed by atoms with Crippen LogP contribution in [-0.2, 0) is 11.2 Å². The maximum atomic E-state index is 11.7. The number of Topliss-reactive ketones (excluding diaryl/α,β-unsaturated/α-hetero) is 1. The van der Waals surface area contributed by atoms with E-state index in [1.54, 1.807) is 6.07 Å². The molecule has 1 aromatic carbocycles. The van der Waals surface area contributed by atoms with Crippen LogP contribution in [0.5, 0.6) is 0 Å². The molecule has 0 amide bonds. The summed E-state index contributed by atoms with van der Waals surface area (Å²) in [5.74, 6) is -1.14. The molecule has 0 aliphatic carbocycles. The summed E-state index contributed by atoms with van der Waals surface area (Å²) in [6.45, 7) is 1.84. The van der Waals surface area contributed by atoms with Gasteiger partial charge in [-0.1, -0.05) is 19.1 Å². The van der Waals surface area contributed by atoms with E-state index in [9.17, 15) is 14.7 Å². The van der Waals surface area contributed by atoms with Crippen LogP contribution in [-0.4, -0.2) is 27.8 Å². The van der Waals surface area contributed by atoms with Crippen LogP contribution in [0.1, 0.15) is 40.9 Å². The highest BCUT2D eigenvalue weighted by molar-refractivity contribution is 6.19. The Hall–Kier alpha value is -1.39. The van der Waals surface area contributed by atoms with Gasteiger partial charge in [0.1, 0.15) is 0 Å². The molecular weight excluding hydrogens is 256 g/mol. The Morgan fingerprint density at radius 1 is 1.39 bits per heavy atom. The fraction of sp³-hybridized carbons (Fsp3) is 0.385. The van der Waals surface area contributed by atoms with Gasteiger partial charge in [0.05, 0.1) is 0 Å². The van der Waals surface area contributed by atoms with Crippen molar-refractivity contribution in [1.82, 2.24) is 0 Å². The summed E-state index contributed by atoms with van der Waals surface area (Å²) in [6.07, 6.45) is -0.773. The number of aliphatic carboxylic acids is 1. The van der Waals surface area contributed by atoms with Gasteiger partial charge in [-0.3, -0.25) is 4.79 Å². The maximum Gasteiger partial charge on any atom is 0.337 e. The van der Waals surface area contributed by atoms with Crippen molar-refractivity contribution < 1.29 is 19.8 Å². The van der Waals surface area contributed by atoms with Gasteiger partial charge in [0.25, 0.3) is 0 Å². The number of aliphatic hydroxyl groups excluding tert-OH is 1. The van der Waals surface area contributed by atoms with E-state index in [2.05, 4.69) is 0 Å². The summed E-state index contributed by atoms with van der Waals surface area (Å²) in [6, 6.07) is 4.63. The highest BCUT2D eigenvalue weighted by atomic mass is 35.5. The maximum absolute atomic E-state index is 11.7. The second-order valence-electron chi connectivity index (χ2n) is 3.87. The number of aryl methyl sites for hydroxylation is 1. The van der Waals surface area contributed by atoms with Crippen LogP contribution in [0.25, 0.3) is 0 Å². The van der Waals surface area contributed by atoms with E-state index >= 15 is 0 Å². The zero-order valence-corrected chi connectivity index (χ0v) is 10.8. The molecule has 0 saturated heterocycles. The van der Waals surface area contributed by atoms with E-state index in [1.807, 2.05) is 6.92 Å². The molecule has 0 heterocycles. The Bertz CT molecular complexity index is 456. The lowest BCUT2D eigenvalue weighted by molar-refractivity contribution is -0.147. The minimum atomic E-state index is -1.56. The lowest BCUT2D eigenvalue weighted by atomic mass is 9.96. The Morgan fingerprint density at radius 2 is 2.06 bits per heavy atom. The van der Waals surface area contributed by atoms with Crippen molar-refractivity contribution in [1.29, 1.82) is 0 Å². The van der Waals surface area contributed by atoms with Gasteiger partial charge in [-0.2, -0.15) is 0 Å². The Morgan fingerprint density at radius 3 is 2.56 bits per heavy atom. The van der Waals surface area contributed by atoms with Crippen LogP contribution in [0, 0.1) is 0 Å². The van der Waals surface area contributed by atoms with Gasteiger partial charge in [0, 0.05) is 17.9 Å². The Labute approximate surface area is 110 Å².